The number of hydrogen-bond donors (Lipinski definition) is 0. The lowest BCUT2D eigenvalue weighted by Gasteiger charge is -2.10. The maximum atomic E-state index is 11.7. The first-order valence-corrected chi connectivity index (χ1v) is 16.1. The predicted molar refractivity (Wildman–Crippen MR) is 164 cm³/mol. The number of ketones is 1. The second-order valence-electron chi connectivity index (χ2n) is 8.69. The molecule has 3 aromatic rings. The van der Waals surface area contributed by atoms with Crippen LogP contribution >= 0.6 is 34.4 Å². The van der Waals surface area contributed by atoms with Crippen molar-refractivity contribution < 1.29 is 4.79 Å². The van der Waals surface area contributed by atoms with Gasteiger partial charge in [-0.3, -0.25) is 4.79 Å². The Morgan fingerprint density at radius 1 is 0.972 bits per heavy atom. The van der Waals surface area contributed by atoms with E-state index < -0.39 is 0 Å². The number of aryl methyl sites for hydroxylation is 2. The SMILES string of the molecule is CC.CC.CC(=O)c1cc(CC(C)C)cc(SCCc2ccsc2)c1.CCCc1nnc(C(C)C)s1. The highest BCUT2D eigenvalue weighted by Crippen LogP contribution is 2.25. The van der Waals surface area contributed by atoms with E-state index in [4.69, 9.17) is 0 Å². The van der Waals surface area contributed by atoms with E-state index in [1.807, 2.05) is 51.6 Å². The quantitative estimate of drug-likeness (QED) is 0.187. The molecule has 1 aromatic carbocycles. The van der Waals surface area contributed by atoms with E-state index in [0.717, 1.165) is 42.0 Å². The summed E-state index contributed by atoms with van der Waals surface area (Å²) in [5.74, 6) is 2.34. The lowest BCUT2D eigenvalue weighted by Crippen LogP contribution is -1.99. The Hall–Kier alpha value is -1.50. The first-order chi connectivity index (χ1) is 17.3. The molecule has 0 radical (unpaired) electrons. The zero-order valence-electron chi connectivity index (χ0n) is 24.2. The highest BCUT2D eigenvalue weighted by atomic mass is 32.2. The number of nitrogens with zero attached hydrogens (tertiary/aromatic N) is 2. The molecule has 0 aliphatic heterocycles. The number of benzene rings is 1. The molecule has 0 spiro atoms. The standard InChI is InChI=1S/C18H22OS2.C8H14N2S.2C2H6/c1-13(2)8-16-9-17(14(3)19)11-18(10-16)21-7-5-15-4-6-20-12-15;1-4-5-7-9-10-8(11-7)6(2)3;2*1-2/h4,6,9-13H,5,7-8H2,1-3H3;6H,4-5H2,1-3H3;2*1-2H3. The van der Waals surface area contributed by atoms with Crippen molar-refractivity contribution in [2.24, 2.45) is 5.92 Å². The topological polar surface area (TPSA) is 42.9 Å². The van der Waals surface area contributed by atoms with Crippen molar-refractivity contribution >= 4 is 40.2 Å². The van der Waals surface area contributed by atoms with E-state index in [-0.39, 0.29) is 5.78 Å². The van der Waals surface area contributed by atoms with Crippen molar-refractivity contribution in [3.8, 4) is 0 Å². The first kappa shape index (κ1) is 34.5. The minimum Gasteiger partial charge on any atom is -0.295 e. The van der Waals surface area contributed by atoms with Gasteiger partial charge in [0.25, 0.3) is 0 Å². The van der Waals surface area contributed by atoms with Gasteiger partial charge < -0.3 is 0 Å². The maximum Gasteiger partial charge on any atom is 0.159 e. The zero-order valence-corrected chi connectivity index (χ0v) is 26.6. The van der Waals surface area contributed by atoms with Crippen LogP contribution in [0.2, 0.25) is 0 Å². The Balaban J connectivity index is 0.000000688. The van der Waals surface area contributed by atoms with Crippen LogP contribution in [0.15, 0.2) is 39.9 Å². The van der Waals surface area contributed by atoms with Gasteiger partial charge in [0.2, 0.25) is 0 Å². The molecule has 2 aromatic heterocycles. The summed E-state index contributed by atoms with van der Waals surface area (Å²) in [4.78, 5) is 12.9. The van der Waals surface area contributed by atoms with Crippen LogP contribution < -0.4 is 0 Å². The van der Waals surface area contributed by atoms with Gasteiger partial charge in [0.1, 0.15) is 10.0 Å². The average Bonchev–Trinajstić information content (AvgIpc) is 3.54. The summed E-state index contributed by atoms with van der Waals surface area (Å²) in [7, 11) is 0. The molecule has 0 bridgehead atoms. The van der Waals surface area contributed by atoms with Gasteiger partial charge in [0, 0.05) is 28.6 Å². The Morgan fingerprint density at radius 3 is 2.17 bits per heavy atom. The zero-order chi connectivity index (χ0) is 27.5. The normalized spacial score (nSPS) is 10.1. The van der Waals surface area contributed by atoms with E-state index in [1.165, 1.54) is 21.0 Å². The number of carbonyl (C=O) groups excluding carboxylic acids is 1. The van der Waals surface area contributed by atoms with Gasteiger partial charge in [-0.25, -0.2) is 0 Å². The van der Waals surface area contributed by atoms with Crippen LogP contribution in [-0.4, -0.2) is 21.7 Å². The molecular weight excluding hydrogens is 501 g/mol. The highest BCUT2D eigenvalue weighted by Gasteiger charge is 2.08. The molecule has 0 saturated heterocycles. The van der Waals surface area contributed by atoms with Gasteiger partial charge in [-0.05, 0) is 78.3 Å². The Labute approximate surface area is 233 Å². The van der Waals surface area contributed by atoms with Gasteiger partial charge in [0.15, 0.2) is 5.78 Å². The van der Waals surface area contributed by atoms with Gasteiger partial charge in [-0.15, -0.1) is 33.3 Å². The monoisotopic (exact) mass is 548 g/mol. The van der Waals surface area contributed by atoms with Crippen molar-refractivity contribution in [2.45, 2.75) is 106 Å². The van der Waals surface area contributed by atoms with Crippen molar-refractivity contribution in [1.29, 1.82) is 0 Å². The van der Waals surface area contributed by atoms with Crippen LogP contribution in [0.1, 0.15) is 113 Å². The van der Waals surface area contributed by atoms with Crippen molar-refractivity contribution in [3.05, 3.63) is 61.7 Å². The molecule has 3 nitrogen and oxygen atoms in total. The van der Waals surface area contributed by atoms with E-state index in [0.29, 0.717) is 11.8 Å². The molecular formula is C30H48N2OS3. The second kappa shape index (κ2) is 20.5. The summed E-state index contributed by atoms with van der Waals surface area (Å²) in [5, 5.41) is 14.9. The maximum absolute atomic E-state index is 11.7. The largest absolute Gasteiger partial charge is 0.295 e. The number of rotatable bonds is 10. The van der Waals surface area contributed by atoms with Gasteiger partial charge in [0.05, 0.1) is 0 Å². The lowest BCUT2D eigenvalue weighted by atomic mass is 10.00. The van der Waals surface area contributed by atoms with Crippen LogP contribution in [-0.2, 0) is 19.3 Å². The average molecular weight is 549 g/mol. The number of carbonyl (C=O) groups is 1. The van der Waals surface area contributed by atoms with Crippen molar-refractivity contribution in [2.75, 3.05) is 5.75 Å². The molecule has 0 amide bonds. The summed E-state index contributed by atoms with van der Waals surface area (Å²) in [6.45, 7) is 20.5. The van der Waals surface area contributed by atoms with E-state index in [2.05, 4.69) is 67.7 Å². The molecule has 0 saturated carbocycles. The smallest absolute Gasteiger partial charge is 0.159 e. The molecule has 0 unspecified atom stereocenters. The number of aromatic nitrogens is 2. The Kier molecular flexibility index (Phi) is 19.7. The third kappa shape index (κ3) is 14.3. The highest BCUT2D eigenvalue weighted by molar-refractivity contribution is 7.99. The molecule has 0 aliphatic carbocycles. The molecule has 2 heterocycles. The summed E-state index contributed by atoms with van der Waals surface area (Å²) in [6.07, 6.45) is 4.34. The van der Waals surface area contributed by atoms with Crippen LogP contribution in [0.25, 0.3) is 0 Å². The Morgan fingerprint density at radius 2 is 1.67 bits per heavy atom. The molecule has 202 valence electrons. The molecule has 0 aliphatic rings. The summed E-state index contributed by atoms with van der Waals surface area (Å²) in [6, 6.07) is 8.50. The summed E-state index contributed by atoms with van der Waals surface area (Å²) >= 11 is 5.33. The van der Waals surface area contributed by atoms with E-state index in [9.17, 15) is 4.79 Å². The number of thiophene rings is 1. The van der Waals surface area contributed by atoms with Crippen molar-refractivity contribution in [3.63, 3.8) is 0 Å². The van der Waals surface area contributed by atoms with Crippen LogP contribution in [0.5, 0.6) is 0 Å². The van der Waals surface area contributed by atoms with Gasteiger partial charge >= 0.3 is 0 Å². The molecule has 0 N–H and O–H groups in total. The first-order valence-electron chi connectivity index (χ1n) is 13.4. The predicted octanol–water partition coefficient (Wildman–Crippen LogP) is 10.2. The minimum absolute atomic E-state index is 0.153. The van der Waals surface area contributed by atoms with Gasteiger partial charge in [-0.2, -0.15) is 11.3 Å². The van der Waals surface area contributed by atoms with E-state index >= 15 is 0 Å². The molecule has 6 heteroatoms. The molecule has 0 atom stereocenters. The third-order valence-corrected chi connectivity index (χ3v) is 7.69. The number of thioether (sulfide) groups is 1. The number of hydrogen-bond acceptors (Lipinski definition) is 6. The fourth-order valence-electron chi connectivity index (χ4n) is 3.07. The van der Waals surface area contributed by atoms with Gasteiger partial charge in [-0.1, -0.05) is 62.3 Å². The van der Waals surface area contributed by atoms with E-state index in [1.54, 1.807) is 29.6 Å². The molecule has 36 heavy (non-hydrogen) atoms. The summed E-state index contributed by atoms with van der Waals surface area (Å²) < 4.78 is 0. The fourth-order valence-corrected chi connectivity index (χ4v) is 5.74. The lowest BCUT2D eigenvalue weighted by molar-refractivity contribution is 0.101. The van der Waals surface area contributed by atoms with Crippen LogP contribution in [0.4, 0.5) is 0 Å². The minimum atomic E-state index is 0.153. The molecule has 3 rings (SSSR count). The third-order valence-electron chi connectivity index (χ3n) is 4.70. The van der Waals surface area contributed by atoms with Crippen LogP contribution in [0.3, 0.4) is 0 Å². The van der Waals surface area contributed by atoms with Crippen molar-refractivity contribution in [1.82, 2.24) is 10.2 Å². The number of Topliss-reactive ketones (excluding diaryl/α,β-unsaturated/α-hetero) is 1. The fraction of sp³-hybridized carbons (Fsp3) is 0.567. The summed E-state index contributed by atoms with van der Waals surface area (Å²) in [5.41, 5.74) is 3.51. The Bertz CT molecular complexity index is 947. The molecule has 0 fully saturated rings. The second-order valence-corrected chi connectivity index (χ2v) is 11.7. The van der Waals surface area contributed by atoms with Crippen LogP contribution in [0, 0.1) is 5.92 Å².